The first-order valence-electron chi connectivity index (χ1n) is 9.74. The van der Waals surface area contributed by atoms with Crippen LogP contribution in [-0.4, -0.2) is 51.9 Å². The van der Waals surface area contributed by atoms with E-state index in [0.29, 0.717) is 31.0 Å². The average Bonchev–Trinajstić information content (AvgIpc) is 3.05. The molecule has 0 aromatic carbocycles. The van der Waals surface area contributed by atoms with Gasteiger partial charge in [0, 0.05) is 12.8 Å². The SMILES string of the molecule is CC[Si](CC)(CC)O[C@H]([C@H]1COC2(CCCCC2)O1)C(F)(F)C(=O)OC. The van der Waals surface area contributed by atoms with Gasteiger partial charge in [0.05, 0.1) is 13.7 Å². The number of halogens is 2. The zero-order chi connectivity index (χ0) is 19.4. The van der Waals surface area contributed by atoms with E-state index in [1.54, 1.807) is 0 Å². The summed E-state index contributed by atoms with van der Waals surface area (Å²) >= 11 is 0. The number of methoxy groups -OCH3 is 1. The summed E-state index contributed by atoms with van der Waals surface area (Å²) in [5.74, 6) is -6.16. The van der Waals surface area contributed by atoms with Crippen LogP contribution in [0.2, 0.25) is 18.1 Å². The number of rotatable bonds is 8. The maximum absolute atomic E-state index is 14.9. The fraction of sp³-hybridized carbons (Fsp3) is 0.944. The van der Waals surface area contributed by atoms with Crippen LogP contribution >= 0.6 is 0 Å². The van der Waals surface area contributed by atoms with E-state index in [4.69, 9.17) is 13.9 Å². The molecule has 1 aliphatic carbocycles. The summed E-state index contributed by atoms with van der Waals surface area (Å²) in [7, 11) is -1.44. The van der Waals surface area contributed by atoms with Gasteiger partial charge in [0.25, 0.3) is 0 Å². The van der Waals surface area contributed by atoms with E-state index in [2.05, 4.69) is 4.74 Å². The minimum absolute atomic E-state index is 0.0128. The van der Waals surface area contributed by atoms with Crippen LogP contribution in [0.15, 0.2) is 0 Å². The molecule has 2 fully saturated rings. The monoisotopic (exact) mass is 394 g/mol. The highest BCUT2D eigenvalue weighted by Gasteiger charge is 2.59. The van der Waals surface area contributed by atoms with Gasteiger partial charge in [-0.05, 0) is 31.0 Å². The summed E-state index contributed by atoms with van der Waals surface area (Å²) < 4.78 is 52.1. The van der Waals surface area contributed by atoms with Crippen molar-refractivity contribution in [1.82, 2.24) is 0 Å². The quantitative estimate of drug-likeness (QED) is 0.455. The van der Waals surface area contributed by atoms with E-state index in [1.165, 1.54) is 0 Å². The highest BCUT2D eigenvalue weighted by molar-refractivity contribution is 6.73. The van der Waals surface area contributed by atoms with E-state index >= 15 is 0 Å². The first-order chi connectivity index (χ1) is 12.3. The fourth-order valence-electron chi connectivity index (χ4n) is 3.98. The molecule has 0 radical (unpaired) electrons. The summed E-state index contributed by atoms with van der Waals surface area (Å²) in [6, 6.07) is 2.10. The van der Waals surface area contributed by atoms with E-state index in [1.807, 2.05) is 20.8 Å². The summed E-state index contributed by atoms with van der Waals surface area (Å²) in [6.07, 6.45) is 1.72. The second-order valence-corrected chi connectivity index (χ2v) is 12.1. The molecule has 2 aliphatic rings. The molecular weight excluding hydrogens is 362 g/mol. The number of carbonyl (C=O) groups excluding carboxylic acids is 1. The molecule has 0 aromatic rings. The van der Waals surface area contributed by atoms with Gasteiger partial charge in [-0.3, -0.25) is 0 Å². The van der Waals surface area contributed by atoms with Crippen molar-refractivity contribution in [3.63, 3.8) is 0 Å². The van der Waals surface area contributed by atoms with Crippen molar-refractivity contribution < 1.29 is 32.2 Å². The molecule has 2 rings (SSSR count). The Morgan fingerprint density at radius 1 is 1.19 bits per heavy atom. The Hall–Kier alpha value is -0.573. The Labute approximate surface area is 155 Å². The van der Waals surface area contributed by atoms with Crippen molar-refractivity contribution in [2.75, 3.05) is 13.7 Å². The van der Waals surface area contributed by atoms with Crippen LogP contribution in [-0.2, 0) is 23.4 Å². The second kappa shape index (κ2) is 8.62. The summed E-state index contributed by atoms with van der Waals surface area (Å²) in [4.78, 5) is 11.8. The number of ether oxygens (including phenoxy) is 3. The molecule has 5 nitrogen and oxygen atoms in total. The van der Waals surface area contributed by atoms with Gasteiger partial charge in [-0.25, -0.2) is 4.79 Å². The smallest absolute Gasteiger partial charge is 0.379 e. The third kappa shape index (κ3) is 4.29. The largest absolute Gasteiger partial charge is 0.465 e. The molecule has 26 heavy (non-hydrogen) atoms. The predicted octanol–water partition coefficient (Wildman–Crippen LogP) is 4.26. The van der Waals surface area contributed by atoms with Crippen LogP contribution in [0.3, 0.4) is 0 Å². The summed E-state index contributed by atoms with van der Waals surface area (Å²) in [5.41, 5.74) is 0. The Morgan fingerprint density at radius 3 is 2.27 bits per heavy atom. The van der Waals surface area contributed by atoms with Crippen molar-refractivity contribution in [1.29, 1.82) is 0 Å². The van der Waals surface area contributed by atoms with E-state index in [-0.39, 0.29) is 6.61 Å². The molecule has 2 atom stereocenters. The molecular formula is C18H32F2O5Si. The Bertz CT molecular complexity index is 470. The van der Waals surface area contributed by atoms with E-state index in [9.17, 15) is 13.6 Å². The summed E-state index contributed by atoms with van der Waals surface area (Å²) in [5, 5.41) is 0. The van der Waals surface area contributed by atoms with Gasteiger partial charge in [-0.2, -0.15) is 8.78 Å². The van der Waals surface area contributed by atoms with E-state index in [0.717, 1.165) is 26.4 Å². The lowest BCUT2D eigenvalue weighted by atomic mass is 9.94. The minimum Gasteiger partial charge on any atom is -0.465 e. The number of alkyl halides is 2. The first kappa shape index (κ1) is 21.7. The second-order valence-electron chi connectivity index (χ2n) is 7.34. The van der Waals surface area contributed by atoms with Crippen LogP contribution in [0, 0.1) is 0 Å². The van der Waals surface area contributed by atoms with Crippen LogP contribution < -0.4 is 0 Å². The third-order valence-corrected chi connectivity index (χ3v) is 10.6. The molecule has 0 N–H and O–H groups in total. The van der Waals surface area contributed by atoms with Gasteiger partial charge in [0.2, 0.25) is 0 Å². The molecule has 152 valence electrons. The van der Waals surface area contributed by atoms with Gasteiger partial charge < -0.3 is 18.6 Å². The van der Waals surface area contributed by atoms with Crippen LogP contribution in [0.5, 0.6) is 0 Å². The molecule has 1 heterocycles. The van der Waals surface area contributed by atoms with Crippen LogP contribution in [0.4, 0.5) is 8.78 Å². The van der Waals surface area contributed by atoms with Crippen molar-refractivity contribution in [3.8, 4) is 0 Å². The van der Waals surface area contributed by atoms with Crippen molar-refractivity contribution in [3.05, 3.63) is 0 Å². The number of hydrogen-bond acceptors (Lipinski definition) is 5. The number of carbonyl (C=O) groups is 1. The maximum atomic E-state index is 14.9. The molecule has 1 aliphatic heterocycles. The highest BCUT2D eigenvalue weighted by atomic mass is 28.4. The minimum atomic E-state index is -3.78. The van der Waals surface area contributed by atoms with Crippen molar-refractivity contribution in [2.45, 2.75) is 94.9 Å². The van der Waals surface area contributed by atoms with Gasteiger partial charge in [-0.15, -0.1) is 0 Å². The standard InChI is InChI=1S/C18H32F2O5Si/c1-5-26(6-2,7-3)25-15(18(19,20)16(21)22-4)14-13-23-17(24-14)11-9-8-10-12-17/h14-15H,5-13H2,1-4H3/t14-,15-/m1/s1. The molecule has 8 heteroatoms. The lowest BCUT2D eigenvalue weighted by Gasteiger charge is -2.38. The number of esters is 1. The van der Waals surface area contributed by atoms with Crippen LogP contribution in [0.1, 0.15) is 52.9 Å². The molecule has 0 bridgehead atoms. The molecule has 0 unspecified atom stereocenters. The normalized spacial score (nSPS) is 24.6. The third-order valence-electron chi connectivity index (χ3n) is 5.95. The fourth-order valence-corrected chi connectivity index (χ4v) is 6.82. The van der Waals surface area contributed by atoms with Gasteiger partial charge in [-0.1, -0.05) is 27.2 Å². The molecule has 1 spiro atoms. The predicted molar refractivity (Wildman–Crippen MR) is 95.7 cm³/mol. The zero-order valence-electron chi connectivity index (χ0n) is 16.3. The van der Waals surface area contributed by atoms with E-state index < -0.39 is 38.2 Å². The summed E-state index contributed by atoms with van der Waals surface area (Å²) in [6.45, 7) is 5.89. The lowest BCUT2D eigenvalue weighted by molar-refractivity contribution is -0.220. The zero-order valence-corrected chi connectivity index (χ0v) is 17.3. The number of hydrogen-bond donors (Lipinski definition) is 0. The topological polar surface area (TPSA) is 54.0 Å². The Balaban J connectivity index is 2.27. The average molecular weight is 395 g/mol. The van der Waals surface area contributed by atoms with Crippen LogP contribution in [0.25, 0.3) is 0 Å². The van der Waals surface area contributed by atoms with Gasteiger partial charge in [0.1, 0.15) is 12.2 Å². The van der Waals surface area contributed by atoms with Gasteiger partial charge >= 0.3 is 11.9 Å². The maximum Gasteiger partial charge on any atom is 0.379 e. The molecule has 0 amide bonds. The first-order valence-corrected chi connectivity index (χ1v) is 12.3. The molecule has 0 aromatic heterocycles. The molecule has 1 saturated carbocycles. The van der Waals surface area contributed by atoms with Gasteiger partial charge in [0.15, 0.2) is 14.1 Å². The Kier molecular flexibility index (Phi) is 7.21. The van der Waals surface area contributed by atoms with Crippen molar-refractivity contribution >= 4 is 14.3 Å². The highest BCUT2D eigenvalue weighted by Crippen LogP contribution is 2.42. The van der Waals surface area contributed by atoms with Crippen molar-refractivity contribution in [2.24, 2.45) is 0 Å². The Morgan fingerprint density at radius 2 is 1.77 bits per heavy atom. The molecule has 1 saturated heterocycles. The lowest BCUT2D eigenvalue weighted by Crippen LogP contribution is -2.56.